The molecule has 1 amide bonds. The van der Waals surface area contributed by atoms with E-state index in [1.807, 2.05) is 25.1 Å². The van der Waals surface area contributed by atoms with E-state index in [1.165, 1.54) is 6.92 Å². The number of carbonyl (C=O) groups is 1. The number of amides is 1. The van der Waals surface area contributed by atoms with Gasteiger partial charge in [0.1, 0.15) is 5.15 Å². The van der Waals surface area contributed by atoms with Gasteiger partial charge in [0, 0.05) is 25.2 Å². The fourth-order valence-corrected chi connectivity index (χ4v) is 1.40. The number of hydrogen-bond donors (Lipinski definition) is 1. The van der Waals surface area contributed by atoms with E-state index in [0.717, 1.165) is 17.5 Å². The van der Waals surface area contributed by atoms with Crippen molar-refractivity contribution in [2.75, 3.05) is 6.54 Å². The number of rotatable bonds is 4. The highest BCUT2D eigenvalue weighted by Crippen LogP contribution is 2.15. The molecule has 0 bridgehead atoms. The minimum atomic E-state index is -0.0105. The Morgan fingerprint density at radius 2 is 2.38 bits per heavy atom. The lowest BCUT2D eigenvalue weighted by molar-refractivity contribution is -0.118. The summed E-state index contributed by atoms with van der Waals surface area (Å²) in [5.74, 6) is -0.0105. The van der Waals surface area contributed by atoms with Crippen LogP contribution in [0, 0.1) is 6.92 Å². The fraction of sp³-hybridized carbons (Fsp3) is 0.333. The van der Waals surface area contributed by atoms with Crippen LogP contribution in [0.2, 0.25) is 5.15 Å². The molecule has 0 atom stereocenters. The van der Waals surface area contributed by atoms with Gasteiger partial charge in [0.25, 0.3) is 0 Å². The standard InChI is InChI=1S/C12H15ClN2O/c1-9-7-11(12(13)15-8-9)5-3-4-6-14-10(2)16/h3,5,7-8H,4,6H2,1-2H3,(H,14,16). The van der Waals surface area contributed by atoms with E-state index in [-0.39, 0.29) is 5.91 Å². The first kappa shape index (κ1) is 12.7. The van der Waals surface area contributed by atoms with Crippen LogP contribution in [0.25, 0.3) is 6.08 Å². The first-order valence-electron chi connectivity index (χ1n) is 5.12. The van der Waals surface area contributed by atoms with Crippen LogP contribution in [0.4, 0.5) is 0 Å². The lowest BCUT2D eigenvalue weighted by atomic mass is 10.2. The van der Waals surface area contributed by atoms with Crippen molar-refractivity contribution in [2.45, 2.75) is 20.3 Å². The second kappa shape index (κ2) is 6.28. The third-order valence-electron chi connectivity index (χ3n) is 1.99. The van der Waals surface area contributed by atoms with Crippen LogP contribution in [-0.4, -0.2) is 17.4 Å². The first-order valence-corrected chi connectivity index (χ1v) is 5.50. The van der Waals surface area contributed by atoms with Crippen molar-refractivity contribution < 1.29 is 4.79 Å². The summed E-state index contributed by atoms with van der Waals surface area (Å²) in [6, 6.07) is 1.98. The van der Waals surface area contributed by atoms with Crippen molar-refractivity contribution in [3.05, 3.63) is 34.6 Å². The van der Waals surface area contributed by atoms with Gasteiger partial charge in [-0.15, -0.1) is 0 Å². The minimum Gasteiger partial charge on any atom is -0.356 e. The van der Waals surface area contributed by atoms with Crippen molar-refractivity contribution in [3.63, 3.8) is 0 Å². The van der Waals surface area contributed by atoms with E-state index in [0.29, 0.717) is 11.7 Å². The summed E-state index contributed by atoms with van der Waals surface area (Å²) in [6.07, 6.45) is 6.41. The fourth-order valence-electron chi connectivity index (χ4n) is 1.23. The Balaban J connectivity index is 2.49. The van der Waals surface area contributed by atoms with Gasteiger partial charge in [-0.1, -0.05) is 23.8 Å². The van der Waals surface area contributed by atoms with Crippen LogP contribution in [0.1, 0.15) is 24.5 Å². The maximum Gasteiger partial charge on any atom is 0.216 e. The highest BCUT2D eigenvalue weighted by Gasteiger charge is 1.97. The van der Waals surface area contributed by atoms with E-state index in [2.05, 4.69) is 10.3 Å². The van der Waals surface area contributed by atoms with Gasteiger partial charge in [0.15, 0.2) is 0 Å². The van der Waals surface area contributed by atoms with Crippen LogP contribution >= 0.6 is 11.6 Å². The van der Waals surface area contributed by atoms with E-state index in [1.54, 1.807) is 6.20 Å². The smallest absolute Gasteiger partial charge is 0.216 e. The summed E-state index contributed by atoms with van der Waals surface area (Å²) in [5.41, 5.74) is 1.98. The van der Waals surface area contributed by atoms with E-state index >= 15 is 0 Å². The Hall–Kier alpha value is -1.35. The summed E-state index contributed by atoms with van der Waals surface area (Å²) in [5, 5.41) is 3.22. The van der Waals surface area contributed by atoms with Crippen LogP contribution in [0.5, 0.6) is 0 Å². The number of aromatic nitrogens is 1. The highest BCUT2D eigenvalue weighted by atomic mass is 35.5. The van der Waals surface area contributed by atoms with Crippen LogP contribution < -0.4 is 5.32 Å². The molecular formula is C12H15ClN2O. The molecule has 16 heavy (non-hydrogen) atoms. The van der Waals surface area contributed by atoms with E-state index < -0.39 is 0 Å². The lowest BCUT2D eigenvalue weighted by Gasteiger charge is -1.99. The van der Waals surface area contributed by atoms with Gasteiger partial charge in [-0.25, -0.2) is 4.98 Å². The molecule has 0 saturated carbocycles. The minimum absolute atomic E-state index is 0.0105. The normalized spacial score (nSPS) is 10.7. The van der Waals surface area contributed by atoms with Gasteiger partial charge >= 0.3 is 0 Å². The number of pyridine rings is 1. The molecule has 1 aromatic rings. The third kappa shape index (κ3) is 4.45. The second-order valence-corrected chi connectivity index (χ2v) is 3.92. The highest BCUT2D eigenvalue weighted by molar-refractivity contribution is 6.30. The maximum absolute atomic E-state index is 10.6. The maximum atomic E-state index is 10.6. The molecule has 1 aromatic heterocycles. The zero-order valence-corrected chi connectivity index (χ0v) is 10.2. The average Bonchev–Trinajstić information content (AvgIpc) is 2.22. The van der Waals surface area contributed by atoms with Gasteiger partial charge in [0.05, 0.1) is 0 Å². The molecular weight excluding hydrogens is 224 g/mol. The van der Waals surface area contributed by atoms with Gasteiger partial charge in [-0.2, -0.15) is 0 Å². The van der Waals surface area contributed by atoms with Gasteiger partial charge in [-0.05, 0) is 25.0 Å². The molecule has 0 saturated heterocycles. The second-order valence-electron chi connectivity index (χ2n) is 3.57. The monoisotopic (exact) mass is 238 g/mol. The number of nitrogens with zero attached hydrogens (tertiary/aromatic N) is 1. The molecule has 0 aromatic carbocycles. The summed E-state index contributed by atoms with van der Waals surface area (Å²) in [7, 11) is 0. The molecule has 0 unspecified atom stereocenters. The molecule has 1 heterocycles. The number of hydrogen-bond acceptors (Lipinski definition) is 2. The molecule has 1 N–H and O–H groups in total. The van der Waals surface area contributed by atoms with Crippen LogP contribution in [0.15, 0.2) is 18.3 Å². The van der Waals surface area contributed by atoms with Crippen LogP contribution in [-0.2, 0) is 4.79 Å². The molecule has 0 radical (unpaired) electrons. The predicted molar refractivity (Wildman–Crippen MR) is 66.3 cm³/mol. The molecule has 1 rings (SSSR count). The number of halogens is 1. The van der Waals surface area contributed by atoms with Crippen molar-refractivity contribution in [3.8, 4) is 0 Å². The van der Waals surface area contributed by atoms with Crippen LogP contribution in [0.3, 0.4) is 0 Å². The molecule has 0 fully saturated rings. The largest absolute Gasteiger partial charge is 0.356 e. The van der Waals surface area contributed by atoms with E-state index in [9.17, 15) is 4.79 Å². The molecule has 0 aliphatic rings. The summed E-state index contributed by atoms with van der Waals surface area (Å²) in [4.78, 5) is 14.7. The Labute approximate surface area is 101 Å². The zero-order valence-electron chi connectivity index (χ0n) is 9.46. The number of nitrogens with one attached hydrogen (secondary N) is 1. The van der Waals surface area contributed by atoms with Gasteiger partial charge in [-0.3, -0.25) is 4.79 Å². The third-order valence-corrected chi connectivity index (χ3v) is 2.30. The molecule has 4 heteroatoms. The number of aryl methyl sites for hydroxylation is 1. The van der Waals surface area contributed by atoms with Crippen molar-refractivity contribution in [1.29, 1.82) is 0 Å². The van der Waals surface area contributed by atoms with Crippen molar-refractivity contribution >= 4 is 23.6 Å². The average molecular weight is 239 g/mol. The molecule has 0 spiro atoms. The topological polar surface area (TPSA) is 42.0 Å². The summed E-state index contributed by atoms with van der Waals surface area (Å²) in [6.45, 7) is 4.12. The van der Waals surface area contributed by atoms with Crippen molar-refractivity contribution in [1.82, 2.24) is 10.3 Å². The Morgan fingerprint density at radius 1 is 1.62 bits per heavy atom. The molecule has 3 nitrogen and oxygen atoms in total. The number of carbonyl (C=O) groups excluding carboxylic acids is 1. The zero-order chi connectivity index (χ0) is 12.0. The predicted octanol–water partition coefficient (Wildman–Crippen LogP) is 2.58. The van der Waals surface area contributed by atoms with Crippen molar-refractivity contribution in [2.24, 2.45) is 0 Å². The summed E-state index contributed by atoms with van der Waals surface area (Å²) < 4.78 is 0. The molecule has 0 aliphatic heterocycles. The van der Waals surface area contributed by atoms with E-state index in [4.69, 9.17) is 11.6 Å². The lowest BCUT2D eigenvalue weighted by Crippen LogP contribution is -2.20. The Bertz CT molecular complexity index is 402. The quantitative estimate of drug-likeness (QED) is 0.647. The molecule has 86 valence electrons. The Kier molecular flexibility index (Phi) is 4.99. The Morgan fingerprint density at radius 3 is 3.06 bits per heavy atom. The molecule has 0 aliphatic carbocycles. The SMILES string of the molecule is CC(=O)NCCC=Cc1cc(C)cnc1Cl. The van der Waals surface area contributed by atoms with Gasteiger partial charge in [0.2, 0.25) is 5.91 Å². The van der Waals surface area contributed by atoms with Gasteiger partial charge < -0.3 is 5.32 Å². The first-order chi connectivity index (χ1) is 7.59. The summed E-state index contributed by atoms with van der Waals surface area (Å²) >= 11 is 5.93.